The van der Waals surface area contributed by atoms with E-state index < -0.39 is 0 Å². The summed E-state index contributed by atoms with van der Waals surface area (Å²) >= 11 is 6.89. The van der Waals surface area contributed by atoms with Crippen molar-refractivity contribution in [2.75, 3.05) is 7.11 Å². The van der Waals surface area contributed by atoms with E-state index in [9.17, 15) is 4.79 Å². The average Bonchev–Trinajstić information content (AvgIpc) is 2.54. The highest BCUT2D eigenvalue weighted by molar-refractivity contribution is 9.10. The number of nitrogens with one attached hydrogen (secondary N) is 1. The monoisotopic (exact) mass is 454 g/mol. The van der Waals surface area contributed by atoms with Crippen LogP contribution in [-0.4, -0.2) is 19.2 Å². The second-order valence-electron chi connectivity index (χ2n) is 4.88. The molecule has 24 heavy (non-hydrogen) atoms. The number of hydrazone groups is 1. The van der Waals surface area contributed by atoms with Crippen molar-refractivity contribution in [3.8, 4) is 11.5 Å². The van der Waals surface area contributed by atoms with Gasteiger partial charge in [0.05, 0.1) is 17.8 Å². The molecular weight excluding hydrogens is 440 g/mol. The zero-order valence-corrected chi connectivity index (χ0v) is 16.3. The number of carbonyl (C=O) groups excluding carboxylic acids is 1. The van der Waals surface area contributed by atoms with Gasteiger partial charge in [0, 0.05) is 11.4 Å². The minimum Gasteiger partial charge on any atom is -0.493 e. The maximum absolute atomic E-state index is 10.8. The lowest BCUT2D eigenvalue weighted by molar-refractivity contribution is -0.118. The number of halogens is 2. The molecule has 2 rings (SSSR count). The lowest BCUT2D eigenvalue weighted by atomic mass is 10.2. The van der Waals surface area contributed by atoms with Gasteiger partial charge in [-0.05, 0) is 51.3 Å². The molecule has 1 amide bonds. The predicted octanol–water partition coefficient (Wildman–Crippen LogP) is 4.27. The molecule has 126 valence electrons. The molecule has 0 radical (unpaired) electrons. The SMILES string of the molecule is COc1cc(/C=N\NC(C)=O)cc(Br)c1OCc1ccc(Br)cc1. The van der Waals surface area contributed by atoms with Crippen LogP contribution in [0.4, 0.5) is 0 Å². The molecule has 0 atom stereocenters. The molecule has 0 saturated heterocycles. The minimum absolute atomic E-state index is 0.230. The van der Waals surface area contributed by atoms with Crippen LogP contribution >= 0.6 is 31.9 Å². The van der Waals surface area contributed by atoms with Crippen LogP contribution in [0.1, 0.15) is 18.1 Å². The molecule has 0 aliphatic heterocycles. The van der Waals surface area contributed by atoms with Crippen LogP contribution in [0.2, 0.25) is 0 Å². The second kappa shape index (κ2) is 8.84. The summed E-state index contributed by atoms with van der Waals surface area (Å²) in [4.78, 5) is 10.8. The van der Waals surface area contributed by atoms with E-state index in [2.05, 4.69) is 42.4 Å². The molecule has 0 heterocycles. The zero-order chi connectivity index (χ0) is 17.5. The quantitative estimate of drug-likeness (QED) is 0.522. The van der Waals surface area contributed by atoms with Gasteiger partial charge in [0.2, 0.25) is 5.91 Å². The molecule has 5 nitrogen and oxygen atoms in total. The Labute approximate surface area is 157 Å². The van der Waals surface area contributed by atoms with E-state index in [1.165, 1.54) is 13.1 Å². The summed E-state index contributed by atoms with van der Waals surface area (Å²) in [5.41, 5.74) is 4.17. The maximum Gasteiger partial charge on any atom is 0.236 e. The van der Waals surface area contributed by atoms with Crippen LogP contribution in [0.15, 0.2) is 50.4 Å². The lowest BCUT2D eigenvalue weighted by Gasteiger charge is -2.13. The average molecular weight is 456 g/mol. The molecule has 0 unspecified atom stereocenters. The van der Waals surface area contributed by atoms with Crippen molar-refractivity contribution in [1.29, 1.82) is 0 Å². The van der Waals surface area contributed by atoms with Crippen LogP contribution in [0, 0.1) is 0 Å². The van der Waals surface area contributed by atoms with Crippen molar-refractivity contribution in [1.82, 2.24) is 5.43 Å². The molecule has 0 fully saturated rings. The fourth-order valence-corrected chi connectivity index (χ4v) is 2.73. The van der Waals surface area contributed by atoms with E-state index in [4.69, 9.17) is 9.47 Å². The number of benzene rings is 2. The summed E-state index contributed by atoms with van der Waals surface area (Å²) in [6, 6.07) is 11.5. The normalized spacial score (nSPS) is 10.7. The topological polar surface area (TPSA) is 59.9 Å². The van der Waals surface area contributed by atoms with E-state index in [-0.39, 0.29) is 5.91 Å². The molecule has 0 spiro atoms. The molecule has 7 heteroatoms. The van der Waals surface area contributed by atoms with Gasteiger partial charge in [-0.25, -0.2) is 5.43 Å². The number of nitrogens with zero attached hydrogens (tertiary/aromatic N) is 1. The third kappa shape index (κ3) is 5.35. The Kier molecular flexibility index (Phi) is 6.81. The highest BCUT2D eigenvalue weighted by atomic mass is 79.9. The van der Waals surface area contributed by atoms with Gasteiger partial charge in [-0.2, -0.15) is 5.10 Å². The van der Waals surface area contributed by atoms with Gasteiger partial charge < -0.3 is 9.47 Å². The Hall–Kier alpha value is -1.86. The minimum atomic E-state index is -0.230. The zero-order valence-electron chi connectivity index (χ0n) is 13.2. The van der Waals surface area contributed by atoms with E-state index in [1.54, 1.807) is 13.2 Å². The lowest BCUT2D eigenvalue weighted by Crippen LogP contribution is -2.12. The molecule has 1 N–H and O–H groups in total. The standard InChI is InChI=1S/C17H16Br2N2O3/c1-11(22)21-20-9-13-7-15(19)17(16(8-13)23-2)24-10-12-3-5-14(18)6-4-12/h3-9H,10H2,1-2H3,(H,21,22)/b20-9-. The summed E-state index contributed by atoms with van der Waals surface area (Å²) in [6.07, 6.45) is 1.53. The largest absolute Gasteiger partial charge is 0.493 e. The van der Waals surface area contributed by atoms with Crippen molar-refractivity contribution in [3.63, 3.8) is 0 Å². The second-order valence-corrected chi connectivity index (χ2v) is 6.65. The molecule has 2 aromatic carbocycles. The Morgan fingerprint density at radius 2 is 1.96 bits per heavy atom. The molecule has 0 saturated carbocycles. The predicted molar refractivity (Wildman–Crippen MR) is 101 cm³/mol. The summed E-state index contributed by atoms with van der Waals surface area (Å²) in [6.45, 7) is 1.81. The van der Waals surface area contributed by atoms with Gasteiger partial charge in [0.1, 0.15) is 6.61 Å². The molecule has 0 bridgehead atoms. The van der Waals surface area contributed by atoms with Crippen LogP contribution < -0.4 is 14.9 Å². The van der Waals surface area contributed by atoms with Crippen molar-refractivity contribution in [2.24, 2.45) is 5.10 Å². The summed E-state index contributed by atoms with van der Waals surface area (Å²) in [5.74, 6) is 0.953. The van der Waals surface area contributed by atoms with Crippen LogP contribution in [0.5, 0.6) is 11.5 Å². The van der Waals surface area contributed by atoms with Crippen LogP contribution in [-0.2, 0) is 11.4 Å². The van der Waals surface area contributed by atoms with Gasteiger partial charge in [0.15, 0.2) is 11.5 Å². The van der Waals surface area contributed by atoms with Crippen LogP contribution in [0.25, 0.3) is 0 Å². The number of ether oxygens (including phenoxy) is 2. The first-order chi connectivity index (χ1) is 11.5. The van der Waals surface area contributed by atoms with E-state index in [0.717, 1.165) is 20.1 Å². The first kappa shape index (κ1) is 18.5. The summed E-state index contributed by atoms with van der Waals surface area (Å²) in [5, 5.41) is 3.84. The summed E-state index contributed by atoms with van der Waals surface area (Å²) < 4.78 is 13.0. The smallest absolute Gasteiger partial charge is 0.236 e. The van der Waals surface area contributed by atoms with E-state index >= 15 is 0 Å². The first-order valence-electron chi connectivity index (χ1n) is 7.04. The van der Waals surface area contributed by atoms with E-state index in [1.807, 2.05) is 30.3 Å². The third-order valence-corrected chi connectivity index (χ3v) is 4.10. The Morgan fingerprint density at radius 1 is 1.25 bits per heavy atom. The first-order valence-corrected chi connectivity index (χ1v) is 8.62. The Morgan fingerprint density at radius 3 is 2.58 bits per heavy atom. The van der Waals surface area contributed by atoms with Crippen molar-refractivity contribution < 1.29 is 14.3 Å². The highest BCUT2D eigenvalue weighted by Crippen LogP contribution is 2.36. The number of amides is 1. The fourth-order valence-electron chi connectivity index (χ4n) is 1.89. The molecule has 0 aliphatic rings. The van der Waals surface area contributed by atoms with Gasteiger partial charge in [-0.3, -0.25) is 4.79 Å². The van der Waals surface area contributed by atoms with Crippen molar-refractivity contribution in [2.45, 2.75) is 13.5 Å². The van der Waals surface area contributed by atoms with Gasteiger partial charge in [-0.1, -0.05) is 28.1 Å². The maximum atomic E-state index is 10.8. The van der Waals surface area contributed by atoms with Crippen LogP contribution in [0.3, 0.4) is 0 Å². The number of rotatable bonds is 6. The Bertz CT molecular complexity index is 746. The third-order valence-electron chi connectivity index (χ3n) is 2.98. The van der Waals surface area contributed by atoms with Gasteiger partial charge in [0.25, 0.3) is 0 Å². The Balaban J connectivity index is 2.15. The van der Waals surface area contributed by atoms with E-state index in [0.29, 0.717) is 18.1 Å². The molecule has 0 aromatic heterocycles. The van der Waals surface area contributed by atoms with Crippen molar-refractivity contribution in [3.05, 3.63) is 56.5 Å². The molecule has 2 aromatic rings. The summed E-state index contributed by atoms with van der Waals surface area (Å²) in [7, 11) is 1.57. The number of carbonyl (C=O) groups is 1. The number of methoxy groups -OCH3 is 1. The highest BCUT2D eigenvalue weighted by Gasteiger charge is 2.11. The molecule has 0 aliphatic carbocycles. The van der Waals surface area contributed by atoms with Gasteiger partial charge in [-0.15, -0.1) is 0 Å². The number of hydrogen-bond acceptors (Lipinski definition) is 4. The van der Waals surface area contributed by atoms with Crippen molar-refractivity contribution >= 4 is 44.0 Å². The van der Waals surface area contributed by atoms with Gasteiger partial charge >= 0.3 is 0 Å². The number of hydrogen-bond donors (Lipinski definition) is 1. The fraction of sp³-hybridized carbons (Fsp3) is 0.176. The molecular formula is C17H16Br2N2O3.